The lowest BCUT2D eigenvalue weighted by Gasteiger charge is -2.26. The Morgan fingerprint density at radius 2 is 1.12 bits per heavy atom. The molecule has 1 aliphatic heterocycles. The largest absolute Gasteiger partial charge is 0.485 e. The SMILES string of the molecule is C1=CC2Oc3ccccc3C2C(c2nc(-c3ccc4ccccc4c3)nc(-c3ccc4ccccc4c3)n2)=C1c1cccc2c1oc1ccccc12. The fourth-order valence-corrected chi connectivity index (χ4v) is 8.02. The summed E-state index contributed by atoms with van der Waals surface area (Å²) >= 11 is 0. The van der Waals surface area contributed by atoms with Crippen molar-refractivity contribution in [3.63, 3.8) is 0 Å². The van der Waals surface area contributed by atoms with Gasteiger partial charge >= 0.3 is 0 Å². The Morgan fingerprint density at radius 3 is 1.87 bits per heavy atom. The van der Waals surface area contributed by atoms with Crippen molar-refractivity contribution in [1.82, 2.24) is 15.0 Å². The molecular weight excluding hydrogens is 639 g/mol. The summed E-state index contributed by atoms with van der Waals surface area (Å²) in [5.41, 5.74) is 7.64. The summed E-state index contributed by atoms with van der Waals surface area (Å²) in [7, 11) is 0. The fraction of sp³-hybridized carbons (Fsp3) is 0.0426. The molecule has 0 bridgehead atoms. The van der Waals surface area contributed by atoms with Crippen molar-refractivity contribution in [2.24, 2.45) is 0 Å². The van der Waals surface area contributed by atoms with Crippen molar-refractivity contribution < 1.29 is 9.15 Å². The Kier molecular flexibility index (Phi) is 6.31. The lowest BCUT2D eigenvalue weighted by Crippen LogP contribution is -2.22. The smallest absolute Gasteiger partial charge is 0.164 e. The van der Waals surface area contributed by atoms with Gasteiger partial charge in [-0.1, -0.05) is 133 Å². The van der Waals surface area contributed by atoms with E-state index in [1.165, 1.54) is 10.8 Å². The molecule has 0 spiro atoms. The number of allylic oxidation sites excluding steroid dienone is 2. The van der Waals surface area contributed by atoms with Gasteiger partial charge in [0.2, 0.25) is 0 Å². The first-order valence-corrected chi connectivity index (χ1v) is 17.6. The van der Waals surface area contributed by atoms with E-state index in [2.05, 4.69) is 140 Å². The van der Waals surface area contributed by atoms with Crippen LogP contribution in [0.3, 0.4) is 0 Å². The van der Waals surface area contributed by atoms with Crippen molar-refractivity contribution in [3.8, 4) is 28.5 Å². The van der Waals surface area contributed by atoms with Gasteiger partial charge in [0, 0.05) is 38.6 Å². The molecule has 3 heterocycles. The van der Waals surface area contributed by atoms with E-state index in [4.69, 9.17) is 24.1 Å². The topological polar surface area (TPSA) is 61.0 Å². The van der Waals surface area contributed by atoms with E-state index in [9.17, 15) is 0 Å². The molecule has 2 unspecified atom stereocenters. The molecular formula is C47H29N3O2. The quantitative estimate of drug-likeness (QED) is 0.187. The summed E-state index contributed by atoms with van der Waals surface area (Å²) in [5, 5.41) is 6.75. The standard InChI is InChI=1S/C47H29N3O2/c1-3-12-30-26-32(22-20-28(30)10-1)45-48-46(33-23-21-29-11-2-4-13-31(29)27-33)50-47(49-45)43-35(24-25-41-42(43)38-15-6-8-19-40(38)51-41)37-17-9-16-36-34-14-5-7-18-39(34)52-44(36)37/h1-27,41-42H. The van der Waals surface area contributed by atoms with Gasteiger partial charge in [-0.25, -0.2) is 15.0 Å². The Bertz CT molecular complexity index is 2880. The number of ether oxygens (including phenoxy) is 1. The van der Waals surface area contributed by atoms with Gasteiger partial charge in [0.05, 0.1) is 5.92 Å². The molecule has 2 atom stereocenters. The second-order valence-electron chi connectivity index (χ2n) is 13.5. The van der Waals surface area contributed by atoms with Crippen molar-refractivity contribution in [2.75, 3.05) is 0 Å². The normalized spacial score (nSPS) is 16.5. The van der Waals surface area contributed by atoms with Gasteiger partial charge in [0.15, 0.2) is 17.5 Å². The van der Waals surface area contributed by atoms with Crippen LogP contribution in [-0.4, -0.2) is 21.1 Å². The summed E-state index contributed by atoms with van der Waals surface area (Å²) in [6.07, 6.45) is 4.12. The first-order chi connectivity index (χ1) is 25.7. The molecule has 11 rings (SSSR count). The minimum atomic E-state index is -0.212. The average Bonchev–Trinajstić information content (AvgIpc) is 3.79. The molecule has 0 amide bonds. The number of nitrogens with zero attached hydrogens (tertiary/aromatic N) is 3. The van der Waals surface area contributed by atoms with Crippen LogP contribution >= 0.6 is 0 Å². The summed E-state index contributed by atoms with van der Waals surface area (Å²) in [6, 6.07) is 52.5. The molecule has 0 saturated heterocycles. The number of hydrogen-bond donors (Lipinski definition) is 0. The zero-order valence-electron chi connectivity index (χ0n) is 27.9. The highest BCUT2D eigenvalue weighted by atomic mass is 16.5. The number of fused-ring (bicyclic) bond motifs is 8. The molecule has 1 aliphatic carbocycles. The van der Waals surface area contributed by atoms with Crippen LogP contribution in [-0.2, 0) is 0 Å². The van der Waals surface area contributed by atoms with E-state index < -0.39 is 0 Å². The molecule has 9 aromatic rings. The maximum Gasteiger partial charge on any atom is 0.164 e. The molecule has 2 aliphatic rings. The highest BCUT2D eigenvalue weighted by Crippen LogP contribution is 2.52. The van der Waals surface area contributed by atoms with Gasteiger partial charge in [-0.15, -0.1) is 0 Å². The van der Waals surface area contributed by atoms with E-state index in [0.717, 1.165) is 71.9 Å². The summed E-state index contributed by atoms with van der Waals surface area (Å²) in [4.78, 5) is 15.9. The molecule has 0 saturated carbocycles. The third-order valence-electron chi connectivity index (χ3n) is 10.5. The summed E-state index contributed by atoms with van der Waals surface area (Å²) in [5.74, 6) is 2.58. The molecule has 7 aromatic carbocycles. The third-order valence-corrected chi connectivity index (χ3v) is 10.5. The first kappa shape index (κ1) is 28.9. The summed E-state index contributed by atoms with van der Waals surface area (Å²) < 4.78 is 13.2. The monoisotopic (exact) mass is 667 g/mol. The van der Waals surface area contributed by atoms with Gasteiger partial charge in [-0.3, -0.25) is 0 Å². The lowest BCUT2D eigenvalue weighted by atomic mass is 9.79. The van der Waals surface area contributed by atoms with Gasteiger partial charge in [0.25, 0.3) is 0 Å². The molecule has 5 heteroatoms. The van der Waals surface area contributed by atoms with E-state index in [1.807, 2.05) is 24.3 Å². The van der Waals surface area contributed by atoms with E-state index >= 15 is 0 Å². The molecule has 0 radical (unpaired) electrons. The molecule has 0 N–H and O–H groups in total. The van der Waals surface area contributed by atoms with Crippen molar-refractivity contribution >= 4 is 54.6 Å². The second kappa shape index (κ2) is 11.3. The zero-order chi connectivity index (χ0) is 34.2. The molecule has 52 heavy (non-hydrogen) atoms. The van der Waals surface area contributed by atoms with Gasteiger partial charge < -0.3 is 9.15 Å². The third kappa shape index (κ3) is 4.53. The molecule has 244 valence electrons. The average molecular weight is 668 g/mol. The Balaban J connectivity index is 1.21. The highest BCUT2D eigenvalue weighted by Gasteiger charge is 2.41. The van der Waals surface area contributed by atoms with Crippen LogP contribution in [0.4, 0.5) is 0 Å². The number of para-hydroxylation sites is 3. The van der Waals surface area contributed by atoms with Crippen molar-refractivity contribution in [1.29, 1.82) is 0 Å². The van der Waals surface area contributed by atoms with Crippen LogP contribution in [0.25, 0.3) is 77.4 Å². The lowest BCUT2D eigenvalue weighted by molar-refractivity contribution is 0.271. The fourth-order valence-electron chi connectivity index (χ4n) is 8.02. The number of benzene rings is 7. The van der Waals surface area contributed by atoms with E-state index in [-0.39, 0.29) is 12.0 Å². The van der Waals surface area contributed by atoms with Gasteiger partial charge in [-0.05, 0) is 57.5 Å². The van der Waals surface area contributed by atoms with Crippen molar-refractivity contribution in [2.45, 2.75) is 12.0 Å². The number of rotatable bonds is 4. The second-order valence-corrected chi connectivity index (χ2v) is 13.5. The minimum Gasteiger partial charge on any atom is -0.485 e. The Hall–Kier alpha value is -6.85. The predicted octanol–water partition coefficient (Wildman–Crippen LogP) is 11.4. The number of hydrogen-bond acceptors (Lipinski definition) is 5. The molecule has 2 aromatic heterocycles. The minimum absolute atomic E-state index is 0.146. The number of furan rings is 1. The van der Waals surface area contributed by atoms with Crippen LogP contribution in [0.2, 0.25) is 0 Å². The van der Waals surface area contributed by atoms with Crippen LogP contribution in [0.1, 0.15) is 22.9 Å². The predicted molar refractivity (Wildman–Crippen MR) is 209 cm³/mol. The maximum atomic E-state index is 6.62. The van der Waals surface area contributed by atoms with Crippen LogP contribution in [0, 0.1) is 0 Å². The van der Waals surface area contributed by atoms with Crippen LogP contribution in [0.5, 0.6) is 5.75 Å². The highest BCUT2D eigenvalue weighted by molar-refractivity contribution is 6.12. The van der Waals surface area contributed by atoms with Gasteiger partial charge in [0.1, 0.15) is 23.0 Å². The van der Waals surface area contributed by atoms with Crippen LogP contribution in [0.15, 0.2) is 168 Å². The zero-order valence-corrected chi connectivity index (χ0v) is 27.9. The van der Waals surface area contributed by atoms with Crippen LogP contribution < -0.4 is 4.74 Å². The maximum absolute atomic E-state index is 6.62. The molecule has 5 nitrogen and oxygen atoms in total. The molecule has 0 fully saturated rings. The Labute approximate surface area is 299 Å². The Morgan fingerprint density at radius 1 is 0.500 bits per heavy atom. The summed E-state index contributed by atoms with van der Waals surface area (Å²) in [6.45, 7) is 0. The van der Waals surface area contributed by atoms with Crippen molar-refractivity contribution in [3.05, 3.63) is 181 Å². The van der Waals surface area contributed by atoms with Gasteiger partial charge in [-0.2, -0.15) is 0 Å². The number of aromatic nitrogens is 3. The first-order valence-electron chi connectivity index (χ1n) is 17.6. The van der Waals surface area contributed by atoms with E-state index in [1.54, 1.807) is 0 Å². The van der Waals surface area contributed by atoms with E-state index in [0.29, 0.717) is 17.5 Å².